The fraction of sp³-hybridized carbons (Fsp3) is 0.571. The van der Waals surface area contributed by atoms with Crippen molar-refractivity contribution >= 4 is 11.6 Å². The predicted molar refractivity (Wildman–Crippen MR) is 69.5 cm³/mol. The molecule has 1 aliphatic heterocycles. The monoisotopic (exact) mass is 251 g/mol. The largest absolute Gasteiger partial charge is 0.381 e. The number of halogens is 1. The Balaban J connectivity index is 2.12. The minimum Gasteiger partial charge on any atom is -0.381 e. The van der Waals surface area contributed by atoms with Crippen LogP contribution < -0.4 is 5.73 Å². The Morgan fingerprint density at radius 2 is 2.06 bits per heavy atom. The molecule has 17 heavy (non-hydrogen) atoms. The summed E-state index contributed by atoms with van der Waals surface area (Å²) in [5, 5.41) is 0.903. The maximum atomic E-state index is 6.41. The van der Waals surface area contributed by atoms with Gasteiger partial charge in [-0.2, -0.15) is 0 Å². The molecule has 0 radical (unpaired) electrons. The van der Waals surface area contributed by atoms with E-state index in [0.717, 1.165) is 43.9 Å². The van der Waals surface area contributed by atoms with Crippen LogP contribution >= 0.6 is 11.6 Å². The summed E-state index contributed by atoms with van der Waals surface area (Å²) in [5.41, 5.74) is 9.22. The van der Waals surface area contributed by atoms with Gasteiger partial charge in [0.1, 0.15) is 0 Å². The first kappa shape index (κ1) is 11.5. The standard InChI is InChI=1S/C14H18ClNO/c15-12-3-1-2-11-10(12)4-5-13(16)14(11)6-8-17-9-7-14/h1-3,13H,4-9,16H2. The Kier molecular flexibility index (Phi) is 2.89. The van der Waals surface area contributed by atoms with Crippen LogP contribution in [-0.4, -0.2) is 19.3 Å². The summed E-state index contributed by atoms with van der Waals surface area (Å²) in [4.78, 5) is 0. The van der Waals surface area contributed by atoms with Crippen LogP contribution in [0.4, 0.5) is 0 Å². The predicted octanol–water partition coefficient (Wildman–Crippen LogP) is 2.66. The Morgan fingerprint density at radius 1 is 1.29 bits per heavy atom. The van der Waals surface area contributed by atoms with Crippen molar-refractivity contribution in [1.29, 1.82) is 0 Å². The summed E-state index contributed by atoms with van der Waals surface area (Å²) in [5.74, 6) is 0. The zero-order chi connectivity index (χ0) is 11.9. The molecule has 3 heteroatoms. The van der Waals surface area contributed by atoms with Crippen molar-refractivity contribution in [3.8, 4) is 0 Å². The van der Waals surface area contributed by atoms with Gasteiger partial charge in [-0.1, -0.05) is 23.7 Å². The number of hydrogen-bond acceptors (Lipinski definition) is 2. The molecule has 0 aromatic heterocycles. The van der Waals surface area contributed by atoms with Gasteiger partial charge < -0.3 is 10.5 Å². The molecule has 0 amide bonds. The summed E-state index contributed by atoms with van der Waals surface area (Å²) in [6.45, 7) is 1.64. The highest BCUT2D eigenvalue weighted by atomic mass is 35.5. The lowest BCUT2D eigenvalue weighted by Crippen LogP contribution is -2.51. The average Bonchev–Trinajstić information content (AvgIpc) is 2.36. The van der Waals surface area contributed by atoms with E-state index in [1.807, 2.05) is 6.07 Å². The molecular weight excluding hydrogens is 234 g/mol. The second-order valence-electron chi connectivity index (χ2n) is 5.18. The van der Waals surface area contributed by atoms with Gasteiger partial charge >= 0.3 is 0 Å². The number of benzene rings is 1. The highest BCUT2D eigenvalue weighted by Gasteiger charge is 2.43. The van der Waals surface area contributed by atoms with Crippen LogP contribution in [0.3, 0.4) is 0 Å². The van der Waals surface area contributed by atoms with Crippen LogP contribution in [-0.2, 0) is 16.6 Å². The second-order valence-corrected chi connectivity index (χ2v) is 5.59. The molecule has 1 aromatic rings. The molecule has 2 nitrogen and oxygen atoms in total. The lowest BCUT2D eigenvalue weighted by atomic mass is 9.63. The first-order valence-corrected chi connectivity index (χ1v) is 6.73. The van der Waals surface area contributed by atoms with Gasteiger partial charge in [0, 0.05) is 29.7 Å². The zero-order valence-corrected chi connectivity index (χ0v) is 10.7. The van der Waals surface area contributed by atoms with E-state index in [-0.39, 0.29) is 11.5 Å². The third-order valence-corrected chi connectivity index (χ3v) is 4.81. The highest BCUT2D eigenvalue weighted by Crippen LogP contribution is 2.45. The van der Waals surface area contributed by atoms with Crippen molar-refractivity contribution in [1.82, 2.24) is 0 Å². The normalized spacial score (nSPS) is 26.8. The second kappa shape index (κ2) is 4.27. The van der Waals surface area contributed by atoms with Gasteiger partial charge in [0.05, 0.1) is 0 Å². The van der Waals surface area contributed by atoms with E-state index < -0.39 is 0 Å². The molecule has 1 spiro atoms. The minimum absolute atomic E-state index is 0.108. The van der Waals surface area contributed by atoms with Gasteiger partial charge in [0.25, 0.3) is 0 Å². The van der Waals surface area contributed by atoms with Crippen LogP contribution in [0, 0.1) is 0 Å². The lowest BCUT2D eigenvalue weighted by Gasteiger charge is -2.46. The molecule has 1 aliphatic carbocycles. The quantitative estimate of drug-likeness (QED) is 0.770. The molecule has 92 valence electrons. The maximum absolute atomic E-state index is 6.41. The number of hydrogen-bond donors (Lipinski definition) is 1. The van der Waals surface area contributed by atoms with E-state index in [0.29, 0.717) is 0 Å². The third kappa shape index (κ3) is 1.70. The molecule has 1 aromatic carbocycles. The van der Waals surface area contributed by atoms with Crippen LogP contribution in [0.2, 0.25) is 5.02 Å². The minimum atomic E-state index is 0.108. The van der Waals surface area contributed by atoms with Crippen molar-refractivity contribution in [3.63, 3.8) is 0 Å². The fourth-order valence-electron chi connectivity index (χ4n) is 3.43. The van der Waals surface area contributed by atoms with Crippen molar-refractivity contribution in [2.45, 2.75) is 37.1 Å². The van der Waals surface area contributed by atoms with Gasteiger partial charge in [0.15, 0.2) is 0 Å². The molecule has 1 heterocycles. The zero-order valence-electron chi connectivity index (χ0n) is 9.92. The van der Waals surface area contributed by atoms with Crippen LogP contribution in [0.15, 0.2) is 18.2 Å². The van der Waals surface area contributed by atoms with Gasteiger partial charge in [-0.05, 0) is 42.9 Å². The summed E-state index contributed by atoms with van der Waals surface area (Å²) in [6, 6.07) is 6.50. The van der Waals surface area contributed by atoms with Crippen molar-refractivity contribution < 1.29 is 4.74 Å². The molecule has 1 saturated heterocycles. The number of nitrogens with two attached hydrogens (primary N) is 1. The molecule has 0 bridgehead atoms. The van der Waals surface area contributed by atoms with E-state index in [1.54, 1.807) is 0 Å². The van der Waals surface area contributed by atoms with Gasteiger partial charge in [-0.25, -0.2) is 0 Å². The summed E-state index contributed by atoms with van der Waals surface area (Å²) < 4.78 is 5.50. The molecule has 1 fully saturated rings. The van der Waals surface area contributed by atoms with Gasteiger partial charge in [-0.15, -0.1) is 0 Å². The molecule has 3 rings (SSSR count). The Morgan fingerprint density at radius 3 is 2.82 bits per heavy atom. The van der Waals surface area contributed by atoms with E-state index in [1.165, 1.54) is 11.1 Å². The molecule has 0 saturated carbocycles. The fourth-order valence-corrected chi connectivity index (χ4v) is 3.70. The third-order valence-electron chi connectivity index (χ3n) is 4.46. The number of ether oxygens (including phenoxy) is 1. The summed E-state index contributed by atoms with van der Waals surface area (Å²) in [7, 11) is 0. The van der Waals surface area contributed by atoms with Crippen LogP contribution in [0.5, 0.6) is 0 Å². The molecule has 2 N–H and O–H groups in total. The smallest absolute Gasteiger partial charge is 0.0475 e. The first-order chi connectivity index (χ1) is 8.24. The van der Waals surface area contributed by atoms with E-state index in [4.69, 9.17) is 22.1 Å². The van der Waals surface area contributed by atoms with E-state index in [2.05, 4.69) is 12.1 Å². The van der Waals surface area contributed by atoms with Crippen molar-refractivity contribution in [3.05, 3.63) is 34.3 Å². The van der Waals surface area contributed by atoms with Crippen molar-refractivity contribution in [2.24, 2.45) is 5.73 Å². The topological polar surface area (TPSA) is 35.2 Å². The number of fused-ring (bicyclic) bond motifs is 2. The summed E-state index contributed by atoms with van der Waals surface area (Å²) in [6.07, 6.45) is 4.11. The van der Waals surface area contributed by atoms with Crippen LogP contribution in [0.25, 0.3) is 0 Å². The Bertz CT molecular complexity index is 426. The Hall–Kier alpha value is -0.570. The van der Waals surface area contributed by atoms with Crippen molar-refractivity contribution in [2.75, 3.05) is 13.2 Å². The summed E-state index contributed by atoms with van der Waals surface area (Å²) >= 11 is 6.32. The van der Waals surface area contributed by atoms with E-state index in [9.17, 15) is 0 Å². The molecule has 1 atom stereocenters. The first-order valence-electron chi connectivity index (χ1n) is 6.35. The lowest BCUT2D eigenvalue weighted by molar-refractivity contribution is 0.0360. The molecule has 1 unspecified atom stereocenters. The maximum Gasteiger partial charge on any atom is 0.0475 e. The molecular formula is C14H18ClNO. The average molecular weight is 252 g/mol. The van der Waals surface area contributed by atoms with E-state index >= 15 is 0 Å². The highest BCUT2D eigenvalue weighted by molar-refractivity contribution is 6.31. The SMILES string of the molecule is NC1CCc2c(Cl)cccc2C12CCOCC2. The molecule has 2 aliphatic rings. The van der Waals surface area contributed by atoms with Crippen LogP contribution in [0.1, 0.15) is 30.4 Å². The Labute approximate surface area is 107 Å². The van der Waals surface area contributed by atoms with Gasteiger partial charge in [0.2, 0.25) is 0 Å². The van der Waals surface area contributed by atoms with Gasteiger partial charge in [-0.3, -0.25) is 0 Å². The number of rotatable bonds is 0.